The number of nitrogens with one attached hydrogen (secondary N) is 1. The molecule has 0 bridgehead atoms. The maximum atomic E-state index is 13.7. The van der Waals surface area contributed by atoms with E-state index in [9.17, 15) is 4.39 Å². The summed E-state index contributed by atoms with van der Waals surface area (Å²) in [4.78, 5) is 3.22. The van der Waals surface area contributed by atoms with Crippen molar-refractivity contribution in [2.45, 2.75) is 32.7 Å². The predicted molar refractivity (Wildman–Crippen MR) is 67.3 cm³/mol. The monoisotopic (exact) mass is 232 g/mol. The number of benzene rings is 1. The molecule has 2 nitrogen and oxygen atoms in total. The third-order valence-electron chi connectivity index (χ3n) is 3.70. The first-order chi connectivity index (χ1) is 7.98. The van der Waals surface area contributed by atoms with Crippen molar-refractivity contribution in [3.8, 4) is 0 Å². The summed E-state index contributed by atoms with van der Waals surface area (Å²) in [5, 5.41) is 0.947. The number of aromatic nitrogens is 1. The molecular weight excluding hydrogens is 215 g/mol. The number of rotatable bonds is 0. The summed E-state index contributed by atoms with van der Waals surface area (Å²) in [6, 6.07) is 5.19. The Labute approximate surface area is 100 Å². The quantitative estimate of drug-likeness (QED) is 0.719. The van der Waals surface area contributed by atoms with E-state index in [1.807, 2.05) is 6.07 Å². The van der Waals surface area contributed by atoms with Crippen LogP contribution in [-0.4, -0.2) is 4.98 Å². The van der Waals surface area contributed by atoms with Crippen LogP contribution in [0, 0.1) is 11.2 Å². The highest BCUT2D eigenvalue weighted by molar-refractivity contribution is 5.86. The minimum atomic E-state index is -0.193. The molecule has 0 saturated carbocycles. The van der Waals surface area contributed by atoms with Crippen LogP contribution in [0.15, 0.2) is 18.2 Å². The average molecular weight is 232 g/mol. The second-order valence-electron chi connectivity index (χ2n) is 5.83. The lowest BCUT2D eigenvalue weighted by Gasteiger charge is -2.33. The van der Waals surface area contributed by atoms with Gasteiger partial charge in [-0.15, -0.1) is 0 Å². The van der Waals surface area contributed by atoms with Crippen LogP contribution < -0.4 is 5.73 Å². The lowest BCUT2D eigenvalue weighted by molar-refractivity contribution is 0.281. The molecule has 1 aliphatic rings. The van der Waals surface area contributed by atoms with Crippen molar-refractivity contribution in [3.63, 3.8) is 0 Å². The Morgan fingerprint density at radius 3 is 2.94 bits per heavy atom. The van der Waals surface area contributed by atoms with Gasteiger partial charge in [0.1, 0.15) is 5.82 Å². The third-order valence-corrected chi connectivity index (χ3v) is 3.70. The molecule has 90 valence electrons. The molecule has 3 N–H and O–H groups in total. The smallest absolute Gasteiger partial charge is 0.147 e. The lowest BCUT2D eigenvalue weighted by atomic mass is 9.74. The van der Waals surface area contributed by atoms with Crippen molar-refractivity contribution in [3.05, 3.63) is 35.3 Å². The molecule has 0 saturated heterocycles. The van der Waals surface area contributed by atoms with Crippen LogP contribution in [0.5, 0.6) is 0 Å². The zero-order chi connectivity index (χ0) is 12.2. The number of H-pyrrole nitrogens is 1. The largest absolute Gasteiger partial charge is 0.356 e. The van der Waals surface area contributed by atoms with E-state index in [4.69, 9.17) is 5.73 Å². The third kappa shape index (κ3) is 1.57. The number of halogens is 1. The summed E-state index contributed by atoms with van der Waals surface area (Å²) in [6.07, 6.45) is 1.88. The van der Waals surface area contributed by atoms with Gasteiger partial charge in [-0.25, -0.2) is 4.39 Å². The highest BCUT2D eigenvalue weighted by atomic mass is 19.1. The van der Waals surface area contributed by atoms with Crippen LogP contribution in [0.2, 0.25) is 0 Å². The number of aromatic amines is 1. The lowest BCUT2D eigenvalue weighted by Crippen LogP contribution is -2.29. The second-order valence-corrected chi connectivity index (χ2v) is 5.83. The standard InChI is InChI=1S/C14H17FN2/c1-14(2)6-10(16)12-8-4-3-5-9(15)13(8)17-11(12)7-14/h3-5,10,17H,6-7,16H2,1-2H3. The Hall–Kier alpha value is -1.35. The highest BCUT2D eigenvalue weighted by Gasteiger charge is 2.33. The summed E-state index contributed by atoms with van der Waals surface area (Å²) in [7, 11) is 0. The molecule has 2 aromatic rings. The molecule has 0 spiro atoms. The predicted octanol–water partition coefficient (Wildman–Crippen LogP) is 3.28. The fourth-order valence-electron chi connectivity index (χ4n) is 3.07. The number of nitrogens with two attached hydrogens (primary N) is 1. The number of hydrogen-bond acceptors (Lipinski definition) is 1. The first-order valence-corrected chi connectivity index (χ1v) is 6.02. The highest BCUT2D eigenvalue weighted by Crippen LogP contribution is 2.42. The van der Waals surface area contributed by atoms with Crippen LogP contribution in [0.3, 0.4) is 0 Å². The molecule has 3 heteroatoms. The van der Waals surface area contributed by atoms with Gasteiger partial charge in [0.05, 0.1) is 5.52 Å². The molecule has 1 aliphatic carbocycles. The van der Waals surface area contributed by atoms with Crippen LogP contribution in [0.4, 0.5) is 4.39 Å². The van der Waals surface area contributed by atoms with Crippen molar-refractivity contribution >= 4 is 10.9 Å². The fraction of sp³-hybridized carbons (Fsp3) is 0.429. The minimum absolute atomic E-state index is 0.00398. The summed E-state index contributed by atoms with van der Waals surface area (Å²) in [6.45, 7) is 4.41. The molecule has 1 unspecified atom stereocenters. The van der Waals surface area contributed by atoms with Crippen molar-refractivity contribution in [2.75, 3.05) is 0 Å². The van der Waals surface area contributed by atoms with Gasteiger partial charge in [-0.1, -0.05) is 26.0 Å². The second kappa shape index (κ2) is 3.33. The van der Waals surface area contributed by atoms with E-state index in [1.165, 1.54) is 6.07 Å². The van der Waals surface area contributed by atoms with E-state index in [0.29, 0.717) is 5.52 Å². The van der Waals surface area contributed by atoms with Crippen molar-refractivity contribution in [2.24, 2.45) is 11.1 Å². The van der Waals surface area contributed by atoms with E-state index in [0.717, 1.165) is 29.5 Å². The van der Waals surface area contributed by atoms with Crippen LogP contribution >= 0.6 is 0 Å². The topological polar surface area (TPSA) is 41.8 Å². The Bertz CT molecular complexity index is 583. The molecular formula is C14H17FN2. The fourth-order valence-corrected chi connectivity index (χ4v) is 3.07. The Kier molecular flexibility index (Phi) is 2.11. The van der Waals surface area contributed by atoms with Gasteiger partial charge in [0, 0.05) is 17.1 Å². The van der Waals surface area contributed by atoms with Crippen LogP contribution in [-0.2, 0) is 6.42 Å². The van der Waals surface area contributed by atoms with E-state index in [2.05, 4.69) is 18.8 Å². The molecule has 1 heterocycles. The number of hydrogen-bond donors (Lipinski definition) is 2. The molecule has 1 aromatic heterocycles. The zero-order valence-electron chi connectivity index (χ0n) is 10.2. The van der Waals surface area contributed by atoms with Gasteiger partial charge in [-0.2, -0.15) is 0 Å². The molecule has 0 aliphatic heterocycles. The van der Waals surface area contributed by atoms with Crippen molar-refractivity contribution in [1.29, 1.82) is 0 Å². The molecule has 17 heavy (non-hydrogen) atoms. The molecule has 1 aromatic carbocycles. The van der Waals surface area contributed by atoms with E-state index >= 15 is 0 Å². The Morgan fingerprint density at radius 2 is 2.18 bits per heavy atom. The van der Waals surface area contributed by atoms with Gasteiger partial charge >= 0.3 is 0 Å². The number of para-hydroxylation sites is 1. The van der Waals surface area contributed by atoms with Gasteiger partial charge in [0.2, 0.25) is 0 Å². The van der Waals surface area contributed by atoms with E-state index in [-0.39, 0.29) is 17.3 Å². The SMILES string of the molecule is CC1(C)Cc2[nH]c3c(F)cccc3c2C(N)C1. The molecule has 3 rings (SSSR count). The van der Waals surface area contributed by atoms with E-state index < -0.39 is 0 Å². The Balaban J connectivity index is 2.28. The van der Waals surface area contributed by atoms with Crippen LogP contribution in [0.1, 0.15) is 37.6 Å². The van der Waals surface area contributed by atoms with Crippen molar-refractivity contribution < 1.29 is 4.39 Å². The summed E-state index contributed by atoms with van der Waals surface area (Å²) >= 11 is 0. The van der Waals surface area contributed by atoms with Gasteiger partial charge in [0.25, 0.3) is 0 Å². The first-order valence-electron chi connectivity index (χ1n) is 6.02. The van der Waals surface area contributed by atoms with Gasteiger partial charge in [0.15, 0.2) is 0 Å². The van der Waals surface area contributed by atoms with Crippen molar-refractivity contribution in [1.82, 2.24) is 4.98 Å². The Morgan fingerprint density at radius 1 is 1.41 bits per heavy atom. The van der Waals surface area contributed by atoms with Gasteiger partial charge in [-0.05, 0) is 29.9 Å². The van der Waals surface area contributed by atoms with E-state index in [1.54, 1.807) is 6.07 Å². The molecule has 0 radical (unpaired) electrons. The maximum Gasteiger partial charge on any atom is 0.147 e. The molecule has 0 amide bonds. The van der Waals surface area contributed by atoms with Crippen LogP contribution in [0.25, 0.3) is 10.9 Å². The average Bonchev–Trinajstić information content (AvgIpc) is 2.55. The summed E-state index contributed by atoms with van der Waals surface area (Å²) in [5.74, 6) is -0.193. The summed E-state index contributed by atoms with van der Waals surface area (Å²) in [5.41, 5.74) is 9.24. The normalized spacial score (nSPS) is 22.7. The zero-order valence-corrected chi connectivity index (χ0v) is 10.2. The maximum absolute atomic E-state index is 13.7. The van der Waals surface area contributed by atoms with Gasteiger partial charge < -0.3 is 10.7 Å². The number of fused-ring (bicyclic) bond motifs is 3. The van der Waals surface area contributed by atoms with Gasteiger partial charge in [-0.3, -0.25) is 0 Å². The molecule has 1 atom stereocenters. The molecule has 0 fully saturated rings. The minimum Gasteiger partial charge on any atom is -0.356 e. The first kappa shape index (κ1) is 10.8. The summed E-state index contributed by atoms with van der Waals surface area (Å²) < 4.78 is 13.7.